The molecule has 3 aromatic rings. The molecule has 3 rings (SSSR count). The maximum atomic E-state index is 5.74. The van der Waals surface area contributed by atoms with E-state index in [-0.39, 0.29) is 0 Å². The Kier molecular flexibility index (Phi) is 3.17. The molecule has 0 radical (unpaired) electrons. The Morgan fingerprint density at radius 2 is 2.22 bits per heavy atom. The van der Waals surface area contributed by atoms with Crippen molar-refractivity contribution >= 4 is 38.6 Å². The first-order valence-corrected chi connectivity index (χ1v) is 7.32. The van der Waals surface area contributed by atoms with Crippen LogP contribution in [0.5, 0.6) is 5.19 Å². The number of nitrogen functional groups attached to an aromatic ring is 1. The molecule has 2 heterocycles. The van der Waals surface area contributed by atoms with E-state index < -0.39 is 0 Å². The van der Waals surface area contributed by atoms with E-state index in [0.29, 0.717) is 11.8 Å². The molecule has 0 aliphatic rings. The molecular weight excluding hydrogens is 264 g/mol. The average molecular weight is 276 g/mol. The summed E-state index contributed by atoms with van der Waals surface area (Å²) in [6.07, 6.45) is 0.926. The Morgan fingerprint density at radius 1 is 1.28 bits per heavy atom. The summed E-state index contributed by atoms with van der Waals surface area (Å²) in [7, 11) is 0. The largest absolute Gasteiger partial charge is 0.470 e. The van der Waals surface area contributed by atoms with Gasteiger partial charge in [0.2, 0.25) is 0 Å². The number of rotatable bonds is 4. The molecular formula is C13H12N2OS2. The van der Waals surface area contributed by atoms with Crippen LogP contribution in [0, 0.1) is 0 Å². The molecule has 0 fully saturated rings. The molecule has 5 heteroatoms. The molecule has 2 N–H and O–H groups in total. The van der Waals surface area contributed by atoms with Crippen molar-refractivity contribution in [1.82, 2.24) is 4.98 Å². The molecule has 18 heavy (non-hydrogen) atoms. The van der Waals surface area contributed by atoms with Gasteiger partial charge in [-0.1, -0.05) is 17.4 Å². The highest BCUT2D eigenvalue weighted by Crippen LogP contribution is 2.29. The lowest BCUT2D eigenvalue weighted by Gasteiger charge is -1.99. The Balaban J connectivity index is 1.67. The Bertz CT molecular complexity index is 646. The number of hydrogen-bond acceptors (Lipinski definition) is 5. The van der Waals surface area contributed by atoms with E-state index in [4.69, 9.17) is 10.5 Å². The monoisotopic (exact) mass is 276 g/mol. The van der Waals surface area contributed by atoms with Gasteiger partial charge in [0.1, 0.15) is 0 Å². The maximum absolute atomic E-state index is 5.74. The SMILES string of the molecule is Nc1ccc2nc(OCCc3cccs3)sc2c1. The van der Waals surface area contributed by atoms with Gasteiger partial charge < -0.3 is 10.5 Å². The van der Waals surface area contributed by atoms with Crippen molar-refractivity contribution in [3.05, 3.63) is 40.6 Å². The molecule has 0 aliphatic carbocycles. The summed E-state index contributed by atoms with van der Waals surface area (Å²) in [5, 5.41) is 2.79. The van der Waals surface area contributed by atoms with Gasteiger partial charge in [0.25, 0.3) is 5.19 Å². The first kappa shape index (κ1) is 11.5. The number of hydrogen-bond donors (Lipinski definition) is 1. The van der Waals surface area contributed by atoms with Crippen LogP contribution in [0.4, 0.5) is 5.69 Å². The molecule has 0 saturated heterocycles. The van der Waals surface area contributed by atoms with E-state index >= 15 is 0 Å². The number of thiophene rings is 1. The smallest absolute Gasteiger partial charge is 0.274 e. The van der Waals surface area contributed by atoms with E-state index in [0.717, 1.165) is 22.3 Å². The first-order chi connectivity index (χ1) is 8.81. The quantitative estimate of drug-likeness (QED) is 0.741. The van der Waals surface area contributed by atoms with Crippen molar-refractivity contribution < 1.29 is 4.74 Å². The Hall–Kier alpha value is -1.59. The molecule has 0 amide bonds. The van der Waals surface area contributed by atoms with Gasteiger partial charge in [-0.25, -0.2) is 4.98 Å². The number of ether oxygens (including phenoxy) is 1. The summed E-state index contributed by atoms with van der Waals surface area (Å²) in [5.74, 6) is 0. The van der Waals surface area contributed by atoms with E-state index in [1.165, 1.54) is 16.2 Å². The summed E-state index contributed by atoms with van der Waals surface area (Å²) >= 11 is 3.29. The predicted molar refractivity (Wildman–Crippen MR) is 77.6 cm³/mol. The maximum Gasteiger partial charge on any atom is 0.274 e. The number of nitrogens with zero attached hydrogens (tertiary/aromatic N) is 1. The zero-order valence-electron chi connectivity index (χ0n) is 9.63. The van der Waals surface area contributed by atoms with Crippen LogP contribution in [-0.4, -0.2) is 11.6 Å². The third-order valence-corrected chi connectivity index (χ3v) is 4.41. The van der Waals surface area contributed by atoms with Crippen molar-refractivity contribution in [2.24, 2.45) is 0 Å². The van der Waals surface area contributed by atoms with Crippen LogP contribution in [-0.2, 0) is 6.42 Å². The minimum absolute atomic E-state index is 0.663. The van der Waals surface area contributed by atoms with Crippen LogP contribution in [0.3, 0.4) is 0 Å². The number of anilines is 1. The second-order valence-electron chi connectivity index (χ2n) is 3.88. The van der Waals surface area contributed by atoms with Crippen molar-refractivity contribution in [3.8, 4) is 5.19 Å². The summed E-state index contributed by atoms with van der Waals surface area (Å²) < 4.78 is 6.75. The van der Waals surface area contributed by atoms with Gasteiger partial charge in [-0.15, -0.1) is 11.3 Å². The number of thiazole rings is 1. The second kappa shape index (κ2) is 4.96. The molecule has 92 valence electrons. The van der Waals surface area contributed by atoms with Crippen molar-refractivity contribution in [2.75, 3.05) is 12.3 Å². The van der Waals surface area contributed by atoms with Gasteiger partial charge in [0.15, 0.2) is 0 Å². The lowest BCUT2D eigenvalue weighted by Crippen LogP contribution is -1.99. The standard InChI is InChI=1S/C13H12N2OS2/c14-9-3-4-11-12(8-9)18-13(15-11)16-6-5-10-2-1-7-17-10/h1-4,7-8H,5-6,14H2. The van der Waals surface area contributed by atoms with E-state index in [1.54, 1.807) is 11.3 Å². The highest BCUT2D eigenvalue weighted by atomic mass is 32.1. The van der Waals surface area contributed by atoms with Crippen molar-refractivity contribution in [2.45, 2.75) is 6.42 Å². The molecule has 0 unspecified atom stereocenters. The van der Waals surface area contributed by atoms with Gasteiger partial charge in [-0.2, -0.15) is 0 Å². The Labute approximate surface area is 113 Å². The molecule has 0 bridgehead atoms. The van der Waals surface area contributed by atoms with Crippen LogP contribution < -0.4 is 10.5 Å². The van der Waals surface area contributed by atoms with Crippen LogP contribution >= 0.6 is 22.7 Å². The van der Waals surface area contributed by atoms with Gasteiger partial charge in [0.05, 0.1) is 16.8 Å². The fourth-order valence-corrected chi connectivity index (χ4v) is 3.25. The second-order valence-corrected chi connectivity index (χ2v) is 5.91. The van der Waals surface area contributed by atoms with E-state index in [9.17, 15) is 0 Å². The summed E-state index contributed by atoms with van der Waals surface area (Å²) in [5.41, 5.74) is 7.44. The molecule has 0 aliphatic heterocycles. The van der Waals surface area contributed by atoms with Gasteiger partial charge in [-0.05, 0) is 29.6 Å². The van der Waals surface area contributed by atoms with Crippen molar-refractivity contribution in [1.29, 1.82) is 0 Å². The number of benzene rings is 1. The minimum Gasteiger partial charge on any atom is -0.470 e. The zero-order valence-corrected chi connectivity index (χ0v) is 11.3. The van der Waals surface area contributed by atoms with Crippen LogP contribution in [0.2, 0.25) is 0 Å². The molecule has 2 aromatic heterocycles. The fraction of sp³-hybridized carbons (Fsp3) is 0.154. The topological polar surface area (TPSA) is 48.1 Å². The van der Waals surface area contributed by atoms with Crippen molar-refractivity contribution in [3.63, 3.8) is 0 Å². The summed E-state index contributed by atoms with van der Waals surface area (Å²) in [4.78, 5) is 5.75. The lowest BCUT2D eigenvalue weighted by molar-refractivity contribution is 0.322. The van der Waals surface area contributed by atoms with Gasteiger partial charge >= 0.3 is 0 Å². The van der Waals surface area contributed by atoms with Gasteiger partial charge in [0, 0.05) is 17.0 Å². The van der Waals surface area contributed by atoms with E-state index in [2.05, 4.69) is 22.5 Å². The lowest BCUT2D eigenvalue weighted by atomic mass is 10.3. The third kappa shape index (κ3) is 2.47. The molecule has 3 nitrogen and oxygen atoms in total. The normalized spacial score (nSPS) is 10.9. The zero-order chi connectivity index (χ0) is 12.4. The number of fused-ring (bicyclic) bond motifs is 1. The molecule has 0 spiro atoms. The van der Waals surface area contributed by atoms with Crippen LogP contribution in [0.25, 0.3) is 10.2 Å². The summed E-state index contributed by atoms with van der Waals surface area (Å²) in [6.45, 7) is 0.663. The molecule has 1 aromatic carbocycles. The van der Waals surface area contributed by atoms with E-state index in [1.807, 2.05) is 18.2 Å². The fourth-order valence-electron chi connectivity index (χ4n) is 1.68. The average Bonchev–Trinajstić information content (AvgIpc) is 2.97. The third-order valence-electron chi connectivity index (χ3n) is 2.55. The first-order valence-electron chi connectivity index (χ1n) is 5.62. The molecule has 0 atom stereocenters. The van der Waals surface area contributed by atoms with Crippen LogP contribution in [0.1, 0.15) is 4.88 Å². The minimum atomic E-state index is 0.663. The predicted octanol–water partition coefficient (Wildman–Crippen LogP) is 3.56. The summed E-state index contributed by atoms with van der Waals surface area (Å²) in [6, 6.07) is 9.89. The highest BCUT2D eigenvalue weighted by molar-refractivity contribution is 7.20. The number of nitrogens with two attached hydrogens (primary N) is 1. The Morgan fingerprint density at radius 3 is 3.06 bits per heavy atom. The van der Waals surface area contributed by atoms with Gasteiger partial charge in [-0.3, -0.25) is 0 Å². The van der Waals surface area contributed by atoms with Crippen LogP contribution in [0.15, 0.2) is 35.7 Å². The highest BCUT2D eigenvalue weighted by Gasteiger charge is 2.05. The number of aromatic nitrogens is 1. The molecule has 0 saturated carbocycles.